The van der Waals surface area contributed by atoms with E-state index >= 15 is 0 Å². The van der Waals surface area contributed by atoms with Crippen LogP contribution >= 0.6 is 0 Å². The fraction of sp³-hybridized carbons (Fsp3) is 0.667. The lowest BCUT2D eigenvalue weighted by atomic mass is 9.79. The van der Waals surface area contributed by atoms with Crippen LogP contribution in [0.5, 0.6) is 0 Å². The molecule has 21 heavy (non-hydrogen) atoms. The van der Waals surface area contributed by atoms with Crippen molar-refractivity contribution in [3.8, 4) is 0 Å². The van der Waals surface area contributed by atoms with E-state index in [1.807, 2.05) is 0 Å². The fourth-order valence-electron chi connectivity index (χ4n) is 3.80. The molecule has 3 atom stereocenters. The molecule has 0 radical (unpaired) electrons. The van der Waals surface area contributed by atoms with Crippen LogP contribution in [0.15, 0.2) is 30.3 Å². The Morgan fingerprint density at radius 3 is 2.52 bits per heavy atom. The maximum atomic E-state index is 5.72. The molecule has 118 valence electrons. The molecule has 1 aromatic carbocycles. The molecule has 1 aromatic rings. The Morgan fingerprint density at radius 2 is 2.00 bits per heavy atom. The second-order valence-corrected chi connectivity index (χ2v) is 6.97. The van der Waals surface area contributed by atoms with E-state index in [0.29, 0.717) is 18.2 Å². The van der Waals surface area contributed by atoms with Gasteiger partial charge in [-0.15, -0.1) is 0 Å². The maximum Gasteiger partial charge on any atom is 0.0702 e. The van der Waals surface area contributed by atoms with Crippen LogP contribution in [0.3, 0.4) is 0 Å². The van der Waals surface area contributed by atoms with Crippen molar-refractivity contribution in [2.75, 3.05) is 27.2 Å². The van der Waals surface area contributed by atoms with E-state index in [0.717, 1.165) is 19.6 Å². The van der Waals surface area contributed by atoms with Gasteiger partial charge in [0.25, 0.3) is 0 Å². The van der Waals surface area contributed by atoms with Gasteiger partial charge in [0.15, 0.2) is 0 Å². The van der Waals surface area contributed by atoms with Gasteiger partial charge in [-0.05, 0) is 38.4 Å². The number of ether oxygens (including phenoxy) is 1. The highest BCUT2D eigenvalue weighted by molar-refractivity contribution is 5.21. The molecular weight excluding hydrogens is 260 g/mol. The first kappa shape index (κ1) is 16.5. The van der Waals surface area contributed by atoms with Crippen molar-refractivity contribution in [1.82, 2.24) is 10.2 Å². The summed E-state index contributed by atoms with van der Waals surface area (Å²) in [5.41, 5.74) is 1.50. The molecular formula is C18H30N2O. The molecule has 1 fully saturated rings. The van der Waals surface area contributed by atoms with Gasteiger partial charge in [-0.25, -0.2) is 0 Å². The largest absolute Gasteiger partial charge is 0.377 e. The third kappa shape index (κ3) is 3.85. The lowest BCUT2D eigenvalue weighted by molar-refractivity contribution is 0.0618. The summed E-state index contributed by atoms with van der Waals surface area (Å²) in [6, 6.07) is 11.6. The van der Waals surface area contributed by atoms with Gasteiger partial charge in [0.05, 0.1) is 6.10 Å². The monoisotopic (exact) mass is 290 g/mol. The molecule has 3 heteroatoms. The number of hydrogen-bond acceptors (Lipinski definition) is 3. The fourth-order valence-corrected chi connectivity index (χ4v) is 3.80. The molecule has 2 rings (SSSR count). The van der Waals surface area contributed by atoms with Crippen LogP contribution in [-0.2, 0) is 4.74 Å². The van der Waals surface area contributed by atoms with Gasteiger partial charge in [-0.3, -0.25) is 0 Å². The van der Waals surface area contributed by atoms with Crippen LogP contribution in [0.2, 0.25) is 0 Å². The minimum Gasteiger partial charge on any atom is -0.377 e. The van der Waals surface area contributed by atoms with Crippen LogP contribution in [-0.4, -0.2) is 44.3 Å². The molecule has 0 bridgehead atoms. The predicted molar refractivity (Wildman–Crippen MR) is 88.5 cm³/mol. The van der Waals surface area contributed by atoms with Gasteiger partial charge >= 0.3 is 0 Å². The first-order valence-corrected chi connectivity index (χ1v) is 8.00. The van der Waals surface area contributed by atoms with Crippen LogP contribution in [0.4, 0.5) is 0 Å². The highest BCUT2D eigenvalue weighted by Gasteiger charge is 2.35. The molecule has 1 N–H and O–H groups in total. The van der Waals surface area contributed by atoms with Crippen molar-refractivity contribution in [2.45, 2.75) is 45.4 Å². The molecule has 3 nitrogen and oxygen atoms in total. The Morgan fingerprint density at radius 1 is 1.33 bits per heavy atom. The average molecular weight is 290 g/mol. The molecule has 1 saturated heterocycles. The Kier molecular flexibility index (Phi) is 5.42. The second-order valence-electron chi connectivity index (χ2n) is 6.97. The summed E-state index contributed by atoms with van der Waals surface area (Å²) in [6.07, 6.45) is 1.49. The second kappa shape index (κ2) is 6.91. The van der Waals surface area contributed by atoms with Crippen molar-refractivity contribution >= 4 is 0 Å². The van der Waals surface area contributed by atoms with Crippen molar-refractivity contribution in [2.24, 2.45) is 5.41 Å². The summed E-state index contributed by atoms with van der Waals surface area (Å²) in [5, 5.41) is 3.51. The van der Waals surface area contributed by atoms with E-state index in [-0.39, 0.29) is 5.41 Å². The summed E-state index contributed by atoms with van der Waals surface area (Å²) in [7, 11) is 4.29. The van der Waals surface area contributed by atoms with Crippen LogP contribution in [0, 0.1) is 5.41 Å². The highest BCUT2D eigenvalue weighted by atomic mass is 16.5. The lowest BCUT2D eigenvalue weighted by Crippen LogP contribution is -2.46. The van der Waals surface area contributed by atoms with Crippen molar-refractivity contribution in [1.29, 1.82) is 0 Å². The van der Waals surface area contributed by atoms with E-state index in [9.17, 15) is 0 Å². The van der Waals surface area contributed by atoms with Crippen LogP contribution < -0.4 is 5.32 Å². The van der Waals surface area contributed by atoms with Gasteiger partial charge in [-0.2, -0.15) is 0 Å². The average Bonchev–Trinajstić information content (AvgIpc) is 2.86. The SMILES string of the molecule is CNC(c1ccccc1)C(C)(C)CN(C)C1CCOC1C. The standard InChI is InChI=1S/C18H30N2O/c1-14-16(11-12-21-14)20(5)13-18(2,3)17(19-4)15-9-7-6-8-10-15/h6-10,14,16-17,19H,11-13H2,1-5H3. The van der Waals surface area contributed by atoms with Gasteiger partial charge < -0.3 is 15.0 Å². The molecule has 1 aliphatic rings. The van der Waals surface area contributed by atoms with Gasteiger partial charge in [0.1, 0.15) is 0 Å². The minimum atomic E-state index is 0.146. The molecule has 0 amide bonds. The smallest absolute Gasteiger partial charge is 0.0702 e. The first-order valence-electron chi connectivity index (χ1n) is 8.00. The molecule has 0 saturated carbocycles. The van der Waals surface area contributed by atoms with E-state index in [1.165, 1.54) is 5.56 Å². The zero-order chi connectivity index (χ0) is 15.5. The molecule has 0 aromatic heterocycles. The highest BCUT2D eigenvalue weighted by Crippen LogP contribution is 2.35. The van der Waals surface area contributed by atoms with Gasteiger partial charge in [0, 0.05) is 25.2 Å². The number of rotatable bonds is 6. The molecule has 3 unspecified atom stereocenters. The molecule has 0 aliphatic carbocycles. The summed E-state index contributed by atoms with van der Waals surface area (Å²) in [4.78, 5) is 2.48. The summed E-state index contributed by atoms with van der Waals surface area (Å²) >= 11 is 0. The Bertz CT molecular complexity index is 432. The normalized spacial score (nSPS) is 24.5. The van der Waals surface area contributed by atoms with E-state index in [1.54, 1.807) is 0 Å². The zero-order valence-corrected chi connectivity index (χ0v) is 14.1. The van der Waals surface area contributed by atoms with E-state index in [4.69, 9.17) is 4.74 Å². The van der Waals surface area contributed by atoms with Gasteiger partial charge in [-0.1, -0.05) is 44.2 Å². The summed E-state index contributed by atoms with van der Waals surface area (Å²) in [5.74, 6) is 0. The van der Waals surface area contributed by atoms with Crippen molar-refractivity contribution in [3.63, 3.8) is 0 Å². The maximum absolute atomic E-state index is 5.72. The number of nitrogens with zero attached hydrogens (tertiary/aromatic N) is 1. The van der Waals surface area contributed by atoms with E-state index in [2.05, 4.69) is 75.4 Å². The quantitative estimate of drug-likeness (QED) is 0.871. The van der Waals surface area contributed by atoms with Crippen molar-refractivity contribution < 1.29 is 4.74 Å². The minimum absolute atomic E-state index is 0.146. The Labute approximate surface area is 129 Å². The van der Waals surface area contributed by atoms with E-state index < -0.39 is 0 Å². The Hall–Kier alpha value is -0.900. The lowest BCUT2D eigenvalue weighted by Gasteiger charge is -2.40. The number of benzene rings is 1. The van der Waals surface area contributed by atoms with Crippen molar-refractivity contribution in [3.05, 3.63) is 35.9 Å². The summed E-state index contributed by atoms with van der Waals surface area (Å²) < 4.78 is 5.72. The molecule has 1 aliphatic heterocycles. The van der Waals surface area contributed by atoms with Crippen LogP contribution in [0.25, 0.3) is 0 Å². The number of nitrogens with one attached hydrogen (secondary N) is 1. The third-order valence-corrected chi connectivity index (χ3v) is 4.76. The molecule has 1 heterocycles. The first-order chi connectivity index (χ1) is 9.95. The topological polar surface area (TPSA) is 24.5 Å². The summed E-state index contributed by atoms with van der Waals surface area (Å²) in [6.45, 7) is 8.82. The third-order valence-electron chi connectivity index (χ3n) is 4.76. The van der Waals surface area contributed by atoms with Gasteiger partial charge in [0.2, 0.25) is 0 Å². The zero-order valence-electron chi connectivity index (χ0n) is 14.1. The predicted octanol–water partition coefficient (Wildman–Crippen LogP) is 3.08. The Balaban J connectivity index is 2.08. The van der Waals surface area contributed by atoms with Crippen LogP contribution in [0.1, 0.15) is 38.8 Å². The number of likely N-dealkylation sites (N-methyl/N-ethyl adjacent to an activating group) is 1. The number of hydrogen-bond donors (Lipinski definition) is 1. The molecule has 0 spiro atoms.